The lowest BCUT2D eigenvalue weighted by molar-refractivity contribution is 0.542. The lowest BCUT2D eigenvalue weighted by Gasteiger charge is -2.07. The maximum atomic E-state index is 8.71. The number of nitrogens with one attached hydrogen (secondary N) is 1. The monoisotopic (exact) mass is 166 g/mol. The van der Waals surface area contributed by atoms with Gasteiger partial charge < -0.3 is 0 Å². The summed E-state index contributed by atoms with van der Waals surface area (Å²) in [5, 5.41) is 12.1. The molecule has 68 valence electrons. The Hall–Kier alpha value is -0.550. The summed E-state index contributed by atoms with van der Waals surface area (Å²) in [4.78, 5) is 0. The van der Waals surface area contributed by atoms with Crippen LogP contribution in [0.15, 0.2) is 0 Å². The lowest BCUT2D eigenvalue weighted by Crippen LogP contribution is -2.29. The fraction of sp³-hybridized carbons (Fsp3) is 0.900. The lowest BCUT2D eigenvalue weighted by atomic mass is 10.2. The highest BCUT2D eigenvalue weighted by atomic mass is 15.0. The smallest absolute Gasteiger partial charge is 0.0952 e. The normalized spacial score (nSPS) is 29.4. The zero-order valence-corrected chi connectivity index (χ0v) is 8.01. The second-order valence-electron chi connectivity index (χ2n) is 3.65. The zero-order chi connectivity index (χ0) is 8.97. The van der Waals surface area contributed by atoms with E-state index in [1.54, 1.807) is 0 Å². The predicted octanol–water partition coefficient (Wildman–Crippen LogP) is 2.07. The summed E-state index contributed by atoms with van der Waals surface area (Å²) in [6.07, 6.45) is 4.80. The Balaban J connectivity index is 2.14. The number of rotatable bonds is 5. The second kappa shape index (κ2) is 4.47. The van der Waals surface area contributed by atoms with Crippen LogP contribution in [0.2, 0.25) is 0 Å². The second-order valence-corrected chi connectivity index (χ2v) is 3.65. The van der Waals surface area contributed by atoms with Gasteiger partial charge in [-0.05, 0) is 25.2 Å². The summed E-state index contributed by atoms with van der Waals surface area (Å²) < 4.78 is 0. The highest BCUT2D eigenvalue weighted by Crippen LogP contribution is 2.34. The molecule has 0 heterocycles. The van der Waals surface area contributed by atoms with Crippen LogP contribution in [0, 0.1) is 17.2 Å². The molecule has 0 spiro atoms. The molecule has 0 bridgehead atoms. The summed E-state index contributed by atoms with van der Waals surface area (Å²) in [7, 11) is 0. The molecule has 2 heteroatoms. The Labute approximate surface area is 75.0 Å². The molecular formula is C10H18N2. The molecule has 0 aliphatic heterocycles. The fourth-order valence-corrected chi connectivity index (χ4v) is 1.65. The van der Waals surface area contributed by atoms with Crippen LogP contribution in [-0.2, 0) is 0 Å². The zero-order valence-electron chi connectivity index (χ0n) is 8.01. The maximum Gasteiger partial charge on any atom is 0.0952 e. The van der Waals surface area contributed by atoms with Crippen molar-refractivity contribution in [2.24, 2.45) is 5.92 Å². The van der Waals surface area contributed by atoms with E-state index in [-0.39, 0.29) is 6.04 Å². The SMILES string of the molecule is CCCC1CC1NC(C#N)CC. The van der Waals surface area contributed by atoms with Gasteiger partial charge in [-0.15, -0.1) is 0 Å². The first kappa shape index (κ1) is 9.54. The number of hydrogen-bond acceptors (Lipinski definition) is 2. The molecule has 2 nitrogen and oxygen atoms in total. The molecule has 0 aromatic heterocycles. The van der Waals surface area contributed by atoms with E-state index in [0.717, 1.165) is 12.3 Å². The molecule has 0 aromatic carbocycles. The molecule has 1 fully saturated rings. The largest absolute Gasteiger partial charge is 0.299 e. The summed E-state index contributed by atoms with van der Waals surface area (Å²) in [6.45, 7) is 4.27. The molecule has 0 aromatic rings. The van der Waals surface area contributed by atoms with E-state index in [1.807, 2.05) is 0 Å². The average Bonchev–Trinajstić information content (AvgIpc) is 2.80. The highest BCUT2D eigenvalue weighted by Gasteiger charge is 2.36. The van der Waals surface area contributed by atoms with Crippen LogP contribution in [0.3, 0.4) is 0 Å². The Morgan fingerprint density at radius 1 is 1.58 bits per heavy atom. The van der Waals surface area contributed by atoms with Crippen molar-refractivity contribution in [3.05, 3.63) is 0 Å². The summed E-state index contributed by atoms with van der Waals surface area (Å²) >= 11 is 0. The molecule has 0 radical (unpaired) electrons. The molecule has 1 saturated carbocycles. The molecule has 1 N–H and O–H groups in total. The first-order valence-corrected chi connectivity index (χ1v) is 4.97. The fourth-order valence-electron chi connectivity index (χ4n) is 1.65. The Morgan fingerprint density at radius 3 is 2.83 bits per heavy atom. The Morgan fingerprint density at radius 2 is 2.33 bits per heavy atom. The van der Waals surface area contributed by atoms with Gasteiger partial charge in [0.15, 0.2) is 0 Å². The van der Waals surface area contributed by atoms with Crippen molar-refractivity contribution in [1.29, 1.82) is 5.26 Å². The van der Waals surface area contributed by atoms with Crippen molar-refractivity contribution < 1.29 is 0 Å². The summed E-state index contributed by atoms with van der Waals surface area (Å²) in [5.74, 6) is 0.859. The van der Waals surface area contributed by atoms with Gasteiger partial charge in [0.2, 0.25) is 0 Å². The van der Waals surface area contributed by atoms with Crippen molar-refractivity contribution in [3.8, 4) is 6.07 Å². The highest BCUT2D eigenvalue weighted by molar-refractivity contribution is 4.99. The minimum Gasteiger partial charge on any atom is -0.299 e. The van der Waals surface area contributed by atoms with Crippen molar-refractivity contribution in [2.75, 3.05) is 0 Å². The third-order valence-corrected chi connectivity index (χ3v) is 2.56. The maximum absolute atomic E-state index is 8.71. The molecule has 3 atom stereocenters. The van der Waals surface area contributed by atoms with Crippen molar-refractivity contribution in [2.45, 2.75) is 51.6 Å². The van der Waals surface area contributed by atoms with E-state index in [2.05, 4.69) is 25.2 Å². The van der Waals surface area contributed by atoms with Crippen molar-refractivity contribution >= 4 is 0 Å². The first-order valence-electron chi connectivity index (χ1n) is 4.97. The van der Waals surface area contributed by atoms with Gasteiger partial charge in [-0.1, -0.05) is 20.3 Å². The molecule has 1 rings (SSSR count). The third kappa shape index (κ3) is 2.49. The Kier molecular flexibility index (Phi) is 3.55. The molecule has 1 aliphatic carbocycles. The topological polar surface area (TPSA) is 35.8 Å². The molecule has 0 amide bonds. The third-order valence-electron chi connectivity index (χ3n) is 2.56. The Bertz CT molecular complexity index is 171. The van der Waals surface area contributed by atoms with E-state index in [1.165, 1.54) is 19.3 Å². The molecule has 3 unspecified atom stereocenters. The van der Waals surface area contributed by atoms with E-state index in [4.69, 9.17) is 5.26 Å². The number of nitrogens with zero attached hydrogens (tertiary/aromatic N) is 1. The van der Waals surface area contributed by atoms with Crippen LogP contribution in [-0.4, -0.2) is 12.1 Å². The van der Waals surface area contributed by atoms with Gasteiger partial charge in [0.05, 0.1) is 12.1 Å². The van der Waals surface area contributed by atoms with Crippen molar-refractivity contribution in [3.63, 3.8) is 0 Å². The quantitative estimate of drug-likeness (QED) is 0.678. The van der Waals surface area contributed by atoms with Crippen LogP contribution in [0.5, 0.6) is 0 Å². The van der Waals surface area contributed by atoms with E-state index in [0.29, 0.717) is 6.04 Å². The minimum atomic E-state index is 0.0804. The van der Waals surface area contributed by atoms with Gasteiger partial charge in [0, 0.05) is 6.04 Å². The summed E-state index contributed by atoms with van der Waals surface area (Å²) in [5.41, 5.74) is 0. The van der Waals surface area contributed by atoms with E-state index in [9.17, 15) is 0 Å². The molecule has 12 heavy (non-hydrogen) atoms. The van der Waals surface area contributed by atoms with Crippen molar-refractivity contribution in [1.82, 2.24) is 5.32 Å². The van der Waals surface area contributed by atoms with Crippen LogP contribution in [0.4, 0.5) is 0 Å². The van der Waals surface area contributed by atoms with Gasteiger partial charge in [-0.25, -0.2) is 0 Å². The van der Waals surface area contributed by atoms with Crippen LogP contribution in [0.25, 0.3) is 0 Å². The van der Waals surface area contributed by atoms with Crippen LogP contribution >= 0.6 is 0 Å². The minimum absolute atomic E-state index is 0.0804. The van der Waals surface area contributed by atoms with E-state index < -0.39 is 0 Å². The van der Waals surface area contributed by atoms with Crippen LogP contribution in [0.1, 0.15) is 39.5 Å². The molecule has 0 saturated heterocycles. The molecule has 1 aliphatic rings. The van der Waals surface area contributed by atoms with Gasteiger partial charge >= 0.3 is 0 Å². The van der Waals surface area contributed by atoms with Gasteiger partial charge in [-0.3, -0.25) is 5.32 Å². The standard InChI is InChI=1S/C10H18N2/c1-3-5-8-6-10(8)12-9(4-2)7-11/h8-10,12H,3-6H2,1-2H3. The van der Waals surface area contributed by atoms with Gasteiger partial charge in [0.1, 0.15) is 0 Å². The number of nitriles is 1. The van der Waals surface area contributed by atoms with Crippen LogP contribution < -0.4 is 5.32 Å². The number of hydrogen-bond donors (Lipinski definition) is 1. The first-order chi connectivity index (χ1) is 5.81. The van der Waals surface area contributed by atoms with Gasteiger partial charge in [0.25, 0.3) is 0 Å². The summed E-state index contributed by atoms with van der Waals surface area (Å²) in [6, 6.07) is 3.00. The average molecular weight is 166 g/mol. The predicted molar refractivity (Wildman–Crippen MR) is 49.6 cm³/mol. The van der Waals surface area contributed by atoms with E-state index >= 15 is 0 Å². The van der Waals surface area contributed by atoms with Gasteiger partial charge in [-0.2, -0.15) is 5.26 Å². The molecular weight excluding hydrogens is 148 g/mol.